The molecule has 0 aliphatic carbocycles. The van der Waals surface area contributed by atoms with Crippen LogP contribution in [0.15, 0.2) is 218 Å². The molecule has 10 nitrogen and oxygen atoms in total. The van der Waals surface area contributed by atoms with Crippen molar-refractivity contribution in [3.05, 3.63) is 218 Å². The van der Waals surface area contributed by atoms with Crippen molar-refractivity contribution < 1.29 is 30.9 Å². The molecule has 0 saturated carbocycles. The molecule has 69 heavy (non-hydrogen) atoms. The smallest absolute Gasteiger partial charge is 0.507 e. The van der Waals surface area contributed by atoms with Crippen molar-refractivity contribution in [3.8, 4) is 102 Å². The Bertz CT molecular complexity index is 3360. The third-order valence-electron chi connectivity index (χ3n) is 10.5. The molecule has 0 bridgehead atoms. The summed E-state index contributed by atoms with van der Waals surface area (Å²) in [6.07, 6.45) is 0. The molecule has 2 aromatic heterocycles. The highest BCUT2D eigenvalue weighted by molar-refractivity contribution is 7.88. The van der Waals surface area contributed by atoms with Crippen LogP contribution < -0.4 is 4.18 Å². The van der Waals surface area contributed by atoms with Gasteiger partial charge in [-0.3, -0.25) is 0 Å². The molecule has 338 valence electrons. The van der Waals surface area contributed by atoms with Crippen molar-refractivity contribution in [1.82, 2.24) is 29.9 Å². The lowest BCUT2D eigenvalue weighted by molar-refractivity contribution is -0.0499. The molecular weight excluding hydrogens is 898 g/mol. The van der Waals surface area contributed by atoms with Crippen LogP contribution >= 0.6 is 0 Å². The van der Waals surface area contributed by atoms with Crippen LogP contribution in [0.4, 0.5) is 13.2 Å². The lowest BCUT2D eigenvalue weighted by atomic mass is 10.0. The lowest BCUT2D eigenvalue weighted by Gasteiger charge is -2.15. The number of aromatic hydroxyl groups is 1. The second-order valence-corrected chi connectivity index (χ2v) is 16.8. The number of nitrogens with zero attached hydrogens (tertiary/aromatic N) is 6. The third kappa shape index (κ3) is 10.6. The number of alkyl halides is 3. The Morgan fingerprint density at radius 3 is 0.957 bits per heavy atom. The van der Waals surface area contributed by atoms with E-state index in [0.29, 0.717) is 40.2 Å². The van der Waals surface area contributed by atoms with Gasteiger partial charge < -0.3 is 9.29 Å². The maximum absolute atomic E-state index is 13.1. The van der Waals surface area contributed by atoms with E-state index in [0.717, 1.165) is 45.0 Å². The van der Waals surface area contributed by atoms with E-state index in [1.165, 1.54) is 12.1 Å². The second-order valence-electron chi connectivity index (χ2n) is 15.2. The Morgan fingerprint density at radius 1 is 0.348 bits per heavy atom. The molecule has 0 fully saturated rings. The van der Waals surface area contributed by atoms with E-state index in [1.807, 2.05) is 164 Å². The normalized spacial score (nSPS) is 11.3. The third-order valence-corrected chi connectivity index (χ3v) is 11.5. The van der Waals surface area contributed by atoms with Crippen molar-refractivity contribution >= 4 is 10.1 Å². The highest BCUT2D eigenvalue weighted by atomic mass is 32.2. The standard InChI is InChI=1S/C28H18F3N3O3S.C27H19N3O/c29-28(30,31)38(35,36)37-24-17-16-22(18-23(24)19-10-4-1-5-11-19)27-33-25(20-12-6-2-7-13-20)32-26(34-27)21-14-8-3-9-15-21;31-24-17-16-22(18-23(24)19-10-4-1-5-11-19)27-29-25(20-12-6-2-7-13-20)28-26(30-27)21-14-8-3-9-15-21/h1-18H;1-18,31H. The summed E-state index contributed by atoms with van der Waals surface area (Å²) in [6.45, 7) is 0. The van der Waals surface area contributed by atoms with Gasteiger partial charge in [0.05, 0.1) is 0 Å². The van der Waals surface area contributed by atoms with E-state index in [4.69, 9.17) is 15.0 Å². The van der Waals surface area contributed by atoms with Crippen molar-refractivity contribution in [1.29, 1.82) is 0 Å². The van der Waals surface area contributed by atoms with Crippen LogP contribution in [0.5, 0.6) is 11.5 Å². The number of hydrogen-bond donors (Lipinski definition) is 1. The summed E-state index contributed by atoms with van der Waals surface area (Å²) in [5, 5.41) is 10.4. The number of phenols is 1. The summed E-state index contributed by atoms with van der Waals surface area (Å²) in [7, 11) is -5.89. The fourth-order valence-electron chi connectivity index (χ4n) is 7.15. The van der Waals surface area contributed by atoms with Crippen LogP contribution in [0.2, 0.25) is 0 Å². The summed E-state index contributed by atoms with van der Waals surface area (Å²) in [5.74, 6) is 2.57. The summed E-state index contributed by atoms with van der Waals surface area (Å²) >= 11 is 0. The van der Waals surface area contributed by atoms with Gasteiger partial charge in [-0.05, 0) is 47.5 Å². The van der Waals surface area contributed by atoms with Crippen LogP contribution in [-0.2, 0) is 10.1 Å². The highest BCUT2D eigenvalue weighted by Crippen LogP contribution is 2.38. The summed E-state index contributed by atoms with van der Waals surface area (Å²) in [6, 6.07) is 65.9. The van der Waals surface area contributed by atoms with Crippen LogP contribution in [-0.4, -0.2) is 48.9 Å². The van der Waals surface area contributed by atoms with Gasteiger partial charge in [0.2, 0.25) is 0 Å². The molecule has 0 amide bonds. The summed E-state index contributed by atoms with van der Waals surface area (Å²) in [4.78, 5) is 28.1. The molecule has 0 radical (unpaired) electrons. The van der Waals surface area contributed by atoms with E-state index in [-0.39, 0.29) is 17.1 Å². The second kappa shape index (κ2) is 19.9. The molecule has 0 unspecified atom stereocenters. The van der Waals surface area contributed by atoms with E-state index in [1.54, 1.807) is 36.4 Å². The van der Waals surface area contributed by atoms with E-state index in [2.05, 4.69) is 19.1 Å². The number of aromatic nitrogens is 6. The Kier molecular flexibility index (Phi) is 13.1. The van der Waals surface area contributed by atoms with Crippen LogP contribution in [0.3, 0.4) is 0 Å². The average molecular weight is 935 g/mol. The van der Waals surface area contributed by atoms with Gasteiger partial charge in [0, 0.05) is 44.5 Å². The minimum atomic E-state index is -5.89. The predicted molar refractivity (Wildman–Crippen MR) is 260 cm³/mol. The Balaban J connectivity index is 0.000000175. The zero-order valence-corrected chi connectivity index (χ0v) is 37.0. The van der Waals surface area contributed by atoms with Crippen molar-refractivity contribution in [2.24, 2.45) is 0 Å². The Hall–Kier alpha value is -8.88. The lowest BCUT2D eigenvalue weighted by Crippen LogP contribution is -2.28. The predicted octanol–water partition coefficient (Wildman–Crippen LogP) is 13.0. The molecule has 8 aromatic carbocycles. The van der Waals surface area contributed by atoms with Crippen molar-refractivity contribution in [2.45, 2.75) is 5.51 Å². The molecule has 1 N–H and O–H groups in total. The number of hydrogen-bond acceptors (Lipinski definition) is 10. The maximum Gasteiger partial charge on any atom is 0.534 e. The number of rotatable bonds is 10. The van der Waals surface area contributed by atoms with Gasteiger partial charge in [-0.1, -0.05) is 182 Å². The SMILES string of the molecule is O=S(=O)(Oc1ccc(-c2nc(-c3ccccc3)nc(-c3ccccc3)n2)cc1-c1ccccc1)C(F)(F)F.Oc1ccc(-c2nc(-c3ccccc3)nc(-c3ccccc3)n2)cc1-c1ccccc1. The zero-order valence-electron chi connectivity index (χ0n) is 36.2. The first-order valence-electron chi connectivity index (χ1n) is 21.3. The van der Waals surface area contributed by atoms with Crippen LogP contribution in [0.25, 0.3) is 90.6 Å². The molecule has 10 rings (SSSR count). The van der Waals surface area contributed by atoms with Gasteiger partial charge in [0.15, 0.2) is 40.7 Å². The molecule has 0 spiro atoms. The van der Waals surface area contributed by atoms with E-state index in [9.17, 15) is 26.7 Å². The molecule has 0 atom stereocenters. The summed E-state index contributed by atoms with van der Waals surface area (Å²) in [5.41, 5.74) is 1.23. The van der Waals surface area contributed by atoms with Gasteiger partial charge in [0.25, 0.3) is 0 Å². The largest absolute Gasteiger partial charge is 0.534 e. The molecule has 2 heterocycles. The topological polar surface area (TPSA) is 141 Å². The fraction of sp³-hybridized carbons (Fsp3) is 0.0182. The molecule has 0 aliphatic rings. The fourth-order valence-corrected chi connectivity index (χ4v) is 7.63. The van der Waals surface area contributed by atoms with Gasteiger partial charge in [-0.2, -0.15) is 21.6 Å². The quantitative estimate of drug-likeness (QED) is 0.104. The first kappa shape index (κ1) is 45.3. The molecular formula is C55H37F3N6O4S. The molecule has 14 heteroatoms. The van der Waals surface area contributed by atoms with Gasteiger partial charge >= 0.3 is 15.6 Å². The van der Waals surface area contributed by atoms with Gasteiger partial charge in [-0.15, -0.1) is 0 Å². The highest BCUT2D eigenvalue weighted by Gasteiger charge is 2.49. The maximum atomic E-state index is 13.1. The number of phenolic OH excluding ortho intramolecular Hbond substituents is 1. The molecule has 0 aliphatic heterocycles. The molecule has 10 aromatic rings. The van der Waals surface area contributed by atoms with Crippen LogP contribution in [0, 0.1) is 0 Å². The van der Waals surface area contributed by atoms with Gasteiger partial charge in [0.1, 0.15) is 5.75 Å². The van der Waals surface area contributed by atoms with E-state index < -0.39 is 21.4 Å². The first-order chi connectivity index (χ1) is 33.5. The minimum Gasteiger partial charge on any atom is -0.507 e. The van der Waals surface area contributed by atoms with Gasteiger partial charge in [-0.25, -0.2) is 29.9 Å². The van der Waals surface area contributed by atoms with Crippen molar-refractivity contribution in [3.63, 3.8) is 0 Å². The average Bonchev–Trinajstić information content (AvgIpc) is 3.40. The monoisotopic (exact) mass is 934 g/mol. The van der Waals surface area contributed by atoms with Crippen LogP contribution in [0.1, 0.15) is 0 Å². The van der Waals surface area contributed by atoms with Crippen molar-refractivity contribution in [2.75, 3.05) is 0 Å². The minimum absolute atomic E-state index is 0.124. The number of benzene rings is 8. The number of halogens is 3. The Labute approximate surface area is 395 Å². The Morgan fingerprint density at radius 2 is 0.623 bits per heavy atom. The van der Waals surface area contributed by atoms with E-state index >= 15 is 0 Å². The zero-order chi connectivity index (χ0) is 47.8. The first-order valence-corrected chi connectivity index (χ1v) is 22.7. The molecule has 0 saturated heterocycles. The summed E-state index contributed by atoms with van der Waals surface area (Å²) < 4.78 is 67.3.